The van der Waals surface area contributed by atoms with Crippen LogP contribution in [-0.4, -0.2) is 62.0 Å². The molecule has 2 bridgehead atoms. The second-order valence-corrected chi connectivity index (χ2v) is 12.9. The van der Waals surface area contributed by atoms with Gasteiger partial charge in [0.1, 0.15) is 6.04 Å². The number of para-hydroxylation sites is 1. The lowest BCUT2D eigenvalue weighted by Gasteiger charge is -2.39. The summed E-state index contributed by atoms with van der Waals surface area (Å²) in [6, 6.07) is 8.09. The number of amides is 3. The quantitative estimate of drug-likeness (QED) is 0.482. The van der Waals surface area contributed by atoms with Crippen LogP contribution < -0.4 is 10.6 Å². The van der Waals surface area contributed by atoms with Gasteiger partial charge in [0.05, 0.1) is 29.2 Å². The van der Waals surface area contributed by atoms with Gasteiger partial charge in [0, 0.05) is 16.5 Å². The summed E-state index contributed by atoms with van der Waals surface area (Å²) in [5, 5.41) is 16.5. The minimum Gasteiger partial charge on any atom is -0.394 e. The van der Waals surface area contributed by atoms with Gasteiger partial charge >= 0.3 is 0 Å². The van der Waals surface area contributed by atoms with Crippen LogP contribution in [0.5, 0.6) is 0 Å². The topological polar surface area (TPSA) is 98.7 Å². The van der Waals surface area contributed by atoms with Gasteiger partial charge in [-0.25, -0.2) is 0 Å². The summed E-state index contributed by atoms with van der Waals surface area (Å²) in [7, 11) is 0. The number of nitrogens with zero attached hydrogens (tertiary/aromatic N) is 1. The highest BCUT2D eigenvalue weighted by atomic mass is 32.2. The molecule has 1 aromatic carbocycles. The van der Waals surface area contributed by atoms with E-state index in [4.69, 9.17) is 0 Å². The number of rotatable bonds is 9. The maximum atomic E-state index is 14.2. The number of hydrogen-bond acceptors (Lipinski definition) is 5. The lowest BCUT2D eigenvalue weighted by atomic mass is 9.66. The van der Waals surface area contributed by atoms with Crippen LogP contribution in [0.4, 0.5) is 5.69 Å². The lowest BCUT2D eigenvalue weighted by molar-refractivity contribution is -0.143. The van der Waals surface area contributed by atoms with E-state index in [0.29, 0.717) is 12.1 Å². The number of aliphatic hydroxyl groups is 1. The molecule has 0 aromatic heterocycles. The van der Waals surface area contributed by atoms with Crippen LogP contribution in [-0.2, 0) is 14.4 Å². The van der Waals surface area contributed by atoms with Gasteiger partial charge in [0.25, 0.3) is 0 Å². The van der Waals surface area contributed by atoms with E-state index in [1.165, 1.54) is 0 Å². The molecule has 7 atom stereocenters. The summed E-state index contributed by atoms with van der Waals surface area (Å²) in [6.07, 6.45) is 3.26. The zero-order valence-electron chi connectivity index (χ0n) is 21.4. The van der Waals surface area contributed by atoms with Crippen LogP contribution in [0.1, 0.15) is 60.3 Å². The second kappa shape index (κ2) is 9.77. The molecule has 35 heavy (non-hydrogen) atoms. The van der Waals surface area contributed by atoms with E-state index >= 15 is 0 Å². The largest absolute Gasteiger partial charge is 0.394 e. The van der Waals surface area contributed by atoms with Crippen LogP contribution >= 0.6 is 11.8 Å². The van der Waals surface area contributed by atoms with Gasteiger partial charge in [0.15, 0.2) is 0 Å². The third-order valence-corrected chi connectivity index (χ3v) is 10.2. The summed E-state index contributed by atoms with van der Waals surface area (Å²) in [6.45, 7) is 9.83. The molecule has 1 spiro atoms. The van der Waals surface area contributed by atoms with Crippen LogP contribution in [0.25, 0.3) is 0 Å². The first kappa shape index (κ1) is 26.0. The monoisotopic (exact) mass is 501 g/mol. The van der Waals surface area contributed by atoms with E-state index in [1.807, 2.05) is 51.1 Å². The predicted molar refractivity (Wildman–Crippen MR) is 139 cm³/mol. The highest BCUT2D eigenvalue weighted by molar-refractivity contribution is 8.02. The molecule has 3 N–H and O–H groups in total. The summed E-state index contributed by atoms with van der Waals surface area (Å²) in [4.78, 5) is 43.3. The number of fused-ring (bicyclic) bond motifs is 1. The van der Waals surface area contributed by atoms with Crippen molar-refractivity contribution in [1.29, 1.82) is 0 Å². The normalized spacial score (nSPS) is 33.1. The molecule has 3 aliphatic rings. The Hall–Kier alpha value is -2.06. The molecule has 4 rings (SSSR count). The van der Waals surface area contributed by atoms with Gasteiger partial charge in [-0.1, -0.05) is 45.4 Å². The number of hydrogen-bond donors (Lipinski definition) is 3. The van der Waals surface area contributed by atoms with Crippen molar-refractivity contribution in [3.8, 4) is 0 Å². The number of carbonyl (C=O) groups is 3. The van der Waals surface area contributed by atoms with E-state index in [1.54, 1.807) is 16.7 Å². The predicted octanol–water partition coefficient (Wildman–Crippen LogP) is 3.43. The first-order valence-corrected chi connectivity index (χ1v) is 13.7. The Bertz CT molecular complexity index is 972. The Morgan fingerprint density at radius 3 is 2.46 bits per heavy atom. The third kappa shape index (κ3) is 4.26. The summed E-state index contributed by atoms with van der Waals surface area (Å²) in [5.74, 6) is -1.69. The maximum absolute atomic E-state index is 14.2. The van der Waals surface area contributed by atoms with E-state index in [9.17, 15) is 19.5 Å². The Morgan fingerprint density at radius 1 is 1.17 bits per heavy atom. The highest BCUT2D eigenvalue weighted by Gasteiger charge is 2.77. The molecule has 3 fully saturated rings. The Labute approximate surface area is 212 Å². The molecule has 8 heteroatoms. The van der Waals surface area contributed by atoms with Crippen LogP contribution in [0.3, 0.4) is 0 Å². The average Bonchev–Trinajstić information content (AvgIpc) is 3.36. The standard InChI is InChI=1S/C27H39N3O4S/c1-6-10-17(4)28-24(33)22-27-14-13-26(5,35-27)20(23(32)29-18-11-8-7-9-12-18)21(27)25(34)30(22)19(15-31)16(2)3/h7-9,11-12,16-17,19-22,31H,6,10,13-15H2,1-5H3,(H,28,33)(H,29,32)/t17?,19-,20-,21-,22?,26+,27?/m0/s1. The van der Waals surface area contributed by atoms with Gasteiger partial charge in [-0.2, -0.15) is 0 Å². The van der Waals surface area contributed by atoms with Gasteiger partial charge < -0.3 is 20.6 Å². The van der Waals surface area contributed by atoms with Crippen molar-refractivity contribution in [3.63, 3.8) is 0 Å². The van der Waals surface area contributed by atoms with Crippen molar-refractivity contribution < 1.29 is 19.5 Å². The van der Waals surface area contributed by atoms with Crippen molar-refractivity contribution in [2.45, 2.75) is 87.9 Å². The molecule has 3 amide bonds. The number of benzene rings is 1. The Morgan fingerprint density at radius 2 is 1.86 bits per heavy atom. The highest BCUT2D eigenvalue weighted by Crippen LogP contribution is 2.71. The van der Waals surface area contributed by atoms with Crippen molar-refractivity contribution in [1.82, 2.24) is 10.2 Å². The molecule has 192 valence electrons. The molecule has 0 aliphatic carbocycles. The van der Waals surface area contributed by atoms with Crippen molar-refractivity contribution in [2.24, 2.45) is 17.8 Å². The number of likely N-dealkylation sites (tertiary alicyclic amines) is 1. The van der Waals surface area contributed by atoms with Gasteiger partial charge in [-0.05, 0) is 51.2 Å². The van der Waals surface area contributed by atoms with E-state index in [-0.39, 0.29) is 36.3 Å². The lowest BCUT2D eigenvalue weighted by Crippen LogP contribution is -2.58. The number of thioether (sulfide) groups is 1. The van der Waals surface area contributed by atoms with Crippen molar-refractivity contribution in [2.75, 3.05) is 11.9 Å². The molecule has 7 nitrogen and oxygen atoms in total. The number of aliphatic hydroxyl groups excluding tert-OH is 1. The minimum atomic E-state index is -0.708. The summed E-state index contributed by atoms with van der Waals surface area (Å²) < 4.78 is -1.10. The molecule has 0 radical (unpaired) electrons. The number of nitrogens with one attached hydrogen (secondary N) is 2. The molecule has 3 unspecified atom stereocenters. The van der Waals surface area contributed by atoms with Crippen molar-refractivity contribution in [3.05, 3.63) is 30.3 Å². The minimum absolute atomic E-state index is 0.0112. The fraction of sp³-hybridized carbons (Fsp3) is 0.667. The first-order valence-electron chi connectivity index (χ1n) is 12.9. The van der Waals surface area contributed by atoms with E-state index in [2.05, 4.69) is 24.5 Å². The van der Waals surface area contributed by atoms with E-state index in [0.717, 1.165) is 19.3 Å². The smallest absolute Gasteiger partial charge is 0.244 e. The van der Waals surface area contributed by atoms with Gasteiger partial charge in [-0.15, -0.1) is 11.8 Å². The number of carbonyl (C=O) groups excluding carboxylic acids is 3. The second-order valence-electron chi connectivity index (χ2n) is 11.0. The van der Waals surface area contributed by atoms with Crippen LogP contribution in [0, 0.1) is 17.8 Å². The molecule has 3 aliphatic heterocycles. The number of anilines is 1. The molecule has 3 saturated heterocycles. The van der Waals surface area contributed by atoms with Crippen molar-refractivity contribution >= 4 is 35.2 Å². The van der Waals surface area contributed by atoms with Crippen LogP contribution in [0.15, 0.2) is 30.3 Å². The fourth-order valence-electron chi connectivity index (χ4n) is 6.61. The summed E-state index contributed by atoms with van der Waals surface area (Å²) >= 11 is 1.66. The fourth-order valence-corrected chi connectivity index (χ4v) is 8.95. The molecule has 1 aromatic rings. The summed E-state index contributed by atoms with van der Waals surface area (Å²) in [5.41, 5.74) is 0.698. The van der Waals surface area contributed by atoms with E-state index < -0.39 is 33.4 Å². The first-order chi connectivity index (χ1) is 16.6. The van der Waals surface area contributed by atoms with Crippen LogP contribution in [0.2, 0.25) is 0 Å². The molecular formula is C27H39N3O4S. The van der Waals surface area contributed by atoms with Gasteiger partial charge in [-0.3, -0.25) is 14.4 Å². The zero-order chi connectivity index (χ0) is 25.5. The maximum Gasteiger partial charge on any atom is 0.244 e. The average molecular weight is 502 g/mol. The van der Waals surface area contributed by atoms with Gasteiger partial charge in [0.2, 0.25) is 17.7 Å². The Balaban J connectivity index is 1.74. The molecule has 3 heterocycles. The zero-order valence-corrected chi connectivity index (χ0v) is 22.2. The third-order valence-electron chi connectivity index (χ3n) is 8.21. The molecule has 0 saturated carbocycles. The molecular weight excluding hydrogens is 462 g/mol. The Kier molecular flexibility index (Phi) is 7.26. The SMILES string of the molecule is CCCC(C)NC(=O)C1N([C@@H](CO)C(C)C)C(=O)[C@@H]2[C@@H](C(=O)Nc3ccccc3)[C@@]3(C)CCC12S3.